The quantitative estimate of drug-likeness (QED) is 0.217. The van der Waals surface area contributed by atoms with Crippen LogP contribution in [0.1, 0.15) is 77.2 Å². The number of anilines is 1. The average molecular weight is 805 g/mol. The number of phenols is 2. The number of nitrogens with one attached hydrogen (secondary N) is 1. The molecule has 6 rings (SSSR count). The molecule has 0 radical (unpaired) electrons. The van der Waals surface area contributed by atoms with Gasteiger partial charge >= 0.3 is 11.8 Å². The van der Waals surface area contributed by atoms with Crippen LogP contribution in [0.15, 0.2) is 46.1 Å². The zero-order valence-corrected chi connectivity index (χ0v) is 34.8. The lowest BCUT2D eigenvalue weighted by molar-refractivity contribution is -0.160. The van der Waals surface area contributed by atoms with Gasteiger partial charge in [-0.05, 0) is 27.0 Å². The fourth-order valence-corrected chi connectivity index (χ4v) is 8.60. The van der Waals surface area contributed by atoms with E-state index in [4.69, 9.17) is 23.9 Å². The summed E-state index contributed by atoms with van der Waals surface area (Å²) < 4.78 is 23.9. The zero-order valence-electron chi connectivity index (χ0n) is 34.8. The number of Topliss-reactive ketones (excluding diaryl/α,β-unsaturated/α-hetero) is 1. The van der Waals surface area contributed by atoms with Crippen LogP contribution in [0.3, 0.4) is 0 Å². The first-order valence-electron chi connectivity index (χ1n) is 19.8. The molecule has 58 heavy (non-hydrogen) atoms. The molecule has 2 aromatic rings. The minimum absolute atomic E-state index is 0.0498. The molecule has 9 unspecified atom stereocenters. The maximum atomic E-state index is 14.6. The lowest BCUT2D eigenvalue weighted by Gasteiger charge is -2.38. The van der Waals surface area contributed by atoms with Crippen molar-refractivity contribution < 1.29 is 53.8 Å². The molecule has 5 N–H and O–H groups in total. The van der Waals surface area contributed by atoms with Crippen LogP contribution >= 0.6 is 0 Å². The maximum Gasteiger partial charge on any atom is 0.312 e. The molecule has 4 aliphatic rings. The monoisotopic (exact) mass is 804 g/mol. The number of phenolic OH excluding ortho intramolecular Hbond substituents is 2. The van der Waals surface area contributed by atoms with Crippen molar-refractivity contribution in [2.75, 3.05) is 32.6 Å². The van der Waals surface area contributed by atoms with E-state index < -0.39 is 82.9 Å². The number of likely N-dealkylation sites (tertiary alicyclic amines) is 1. The summed E-state index contributed by atoms with van der Waals surface area (Å²) in [6.07, 6.45) is 5.03. The number of aliphatic hydroxyl groups excluding tert-OH is 2. The number of amides is 1. The van der Waals surface area contributed by atoms with Crippen LogP contribution in [0.4, 0.5) is 5.69 Å². The van der Waals surface area contributed by atoms with E-state index in [0.717, 1.165) is 0 Å². The summed E-state index contributed by atoms with van der Waals surface area (Å²) in [4.78, 5) is 52.3. The van der Waals surface area contributed by atoms with Gasteiger partial charge in [0.25, 0.3) is 11.7 Å². The van der Waals surface area contributed by atoms with E-state index in [2.05, 4.69) is 15.2 Å². The van der Waals surface area contributed by atoms with Crippen molar-refractivity contribution in [1.29, 1.82) is 0 Å². The fraction of sp³-hybridized carbons (Fsp3) is 0.558. The van der Waals surface area contributed by atoms with Crippen molar-refractivity contribution in [2.24, 2.45) is 33.7 Å². The van der Waals surface area contributed by atoms with Gasteiger partial charge in [0.2, 0.25) is 0 Å². The van der Waals surface area contributed by atoms with Gasteiger partial charge in [0.15, 0.2) is 5.75 Å². The third kappa shape index (κ3) is 7.49. The van der Waals surface area contributed by atoms with Crippen molar-refractivity contribution in [2.45, 2.75) is 104 Å². The molecule has 314 valence electrons. The number of ketones is 1. The second kappa shape index (κ2) is 16.1. The van der Waals surface area contributed by atoms with E-state index in [1.54, 1.807) is 59.8 Å². The van der Waals surface area contributed by atoms with Crippen molar-refractivity contribution in [3.8, 4) is 17.2 Å². The van der Waals surface area contributed by atoms with Gasteiger partial charge in [-0.2, -0.15) is 0 Å². The summed E-state index contributed by atoms with van der Waals surface area (Å²) in [7, 11) is 3.47. The Balaban J connectivity index is 1.57. The topological polar surface area (TPSA) is 209 Å². The third-order valence-corrected chi connectivity index (χ3v) is 12.4. The summed E-state index contributed by atoms with van der Waals surface area (Å²) in [5.74, 6) is -7.04. The lowest BCUT2D eigenvalue weighted by atomic mass is 9.78. The highest BCUT2D eigenvalue weighted by Gasteiger charge is 2.50. The molecule has 15 nitrogen and oxygen atoms in total. The standard InChI is InChI=1S/C43H56N4O11/c1-20-12-11-13-21(2)41(54)44-33-32-31(45-43(46-32)15-17-47(9)18-16-43)28-29(37(33)52)36(51)25(6)39-30(28)40(53)42(8,58-39)56-19-14-27(55-10)22(3)38(57-26(7)48)24(5)35(50)23(4)34(20)49/h11-14,19-20,22-24,27,34-35,38,45,49-52H,15-18H2,1-10H3/b12-11+,19-14+,21-13-,44-33?. The molecule has 4 heterocycles. The molecular formula is C43H56N4O11. The number of benzene rings is 2. The predicted molar refractivity (Wildman–Crippen MR) is 214 cm³/mol. The number of aliphatic hydroxyl groups is 2. The molecule has 15 heteroatoms. The van der Waals surface area contributed by atoms with E-state index in [9.17, 15) is 34.8 Å². The molecule has 0 aliphatic carbocycles. The van der Waals surface area contributed by atoms with Gasteiger partial charge in [-0.25, -0.2) is 4.99 Å². The molecular weight excluding hydrogens is 748 g/mol. The first kappa shape index (κ1) is 42.8. The van der Waals surface area contributed by atoms with Crippen LogP contribution < -0.4 is 20.8 Å². The van der Waals surface area contributed by atoms with Gasteiger partial charge in [0.05, 0.1) is 41.2 Å². The van der Waals surface area contributed by atoms with Crippen molar-refractivity contribution in [3.63, 3.8) is 0 Å². The number of allylic oxidation sites excluding steroid dienone is 2. The van der Waals surface area contributed by atoms with Crippen LogP contribution in [0.2, 0.25) is 0 Å². The number of hydrogen-bond acceptors (Lipinski definition) is 14. The highest BCUT2D eigenvalue weighted by molar-refractivity contribution is 6.21. The number of esters is 1. The molecule has 9 atom stereocenters. The van der Waals surface area contributed by atoms with Gasteiger partial charge in [-0.1, -0.05) is 45.9 Å². The molecule has 1 spiro atoms. The molecule has 4 aliphatic heterocycles. The van der Waals surface area contributed by atoms with E-state index in [-0.39, 0.29) is 49.7 Å². The SMILES string of the molecule is COC1/C=C/OC2(C)Oc3c(C)c(O)c4c(O)c(c5c(c4c3C2=O)NC2(CCN(C)CC2)N=5)=NC(=O)/C(C)=C\C=C\C(C)C(O)C(C)C(O)C(C)C(OC(C)=O)C1C. The fourth-order valence-electron chi connectivity index (χ4n) is 8.60. The number of carbonyl (C=O) groups excluding carboxylic acids is 3. The highest BCUT2D eigenvalue weighted by Crippen LogP contribution is 2.51. The van der Waals surface area contributed by atoms with Crippen LogP contribution in [0.5, 0.6) is 17.2 Å². The average Bonchev–Trinajstić information content (AvgIpc) is 3.69. The molecule has 4 bridgehead atoms. The summed E-state index contributed by atoms with van der Waals surface area (Å²) in [6.45, 7) is 14.2. The Hall–Kier alpha value is -4.83. The van der Waals surface area contributed by atoms with Gasteiger partial charge in [-0.3, -0.25) is 19.4 Å². The van der Waals surface area contributed by atoms with Gasteiger partial charge in [-0.15, -0.1) is 0 Å². The third-order valence-electron chi connectivity index (χ3n) is 12.4. The summed E-state index contributed by atoms with van der Waals surface area (Å²) in [5.41, 5.74) is -0.114. The number of rotatable bonds is 2. The molecule has 2 aromatic carbocycles. The van der Waals surface area contributed by atoms with Gasteiger partial charge in [0, 0.05) is 87.1 Å². The number of fused-ring (bicyclic) bond motifs is 1. The van der Waals surface area contributed by atoms with Crippen molar-refractivity contribution in [3.05, 3.63) is 58.0 Å². The number of aromatic hydroxyl groups is 2. The van der Waals surface area contributed by atoms with E-state index >= 15 is 0 Å². The number of methoxy groups -OCH3 is 1. The number of ether oxygens (including phenoxy) is 4. The molecule has 1 saturated heterocycles. The predicted octanol–water partition coefficient (Wildman–Crippen LogP) is 3.72. The second-order valence-electron chi connectivity index (χ2n) is 16.6. The van der Waals surface area contributed by atoms with E-state index in [1.165, 1.54) is 33.3 Å². The van der Waals surface area contributed by atoms with Crippen molar-refractivity contribution in [1.82, 2.24) is 4.90 Å². The van der Waals surface area contributed by atoms with Crippen LogP contribution in [0, 0.1) is 30.6 Å². The molecule has 0 saturated carbocycles. The minimum atomic E-state index is -1.95. The number of piperidine rings is 1. The first-order chi connectivity index (χ1) is 27.3. The normalized spacial score (nSPS) is 33.6. The summed E-state index contributed by atoms with van der Waals surface area (Å²) in [5, 5.41) is 50.2. The van der Waals surface area contributed by atoms with Crippen molar-refractivity contribution >= 4 is 34.1 Å². The lowest BCUT2D eigenvalue weighted by Crippen LogP contribution is -2.46. The second-order valence-corrected chi connectivity index (χ2v) is 16.6. The van der Waals surface area contributed by atoms with Crippen LogP contribution in [-0.4, -0.2) is 106 Å². The minimum Gasteiger partial charge on any atom is -0.507 e. The molecule has 1 amide bonds. The summed E-state index contributed by atoms with van der Waals surface area (Å²) >= 11 is 0. The Kier molecular flexibility index (Phi) is 11.9. The molecule has 1 fully saturated rings. The van der Waals surface area contributed by atoms with Crippen LogP contribution in [0.25, 0.3) is 10.8 Å². The largest absolute Gasteiger partial charge is 0.507 e. The van der Waals surface area contributed by atoms with Crippen LogP contribution in [-0.2, 0) is 23.8 Å². The Morgan fingerprint density at radius 2 is 1.64 bits per heavy atom. The molecule has 0 aromatic heterocycles. The van der Waals surface area contributed by atoms with E-state index in [1.807, 2.05) is 7.05 Å². The highest BCUT2D eigenvalue weighted by atomic mass is 16.7. The van der Waals surface area contributed by atoms with Gasteiger partial charge < -0.3 is 49.6 Å². The Labute approximate surface area is 337 Å². The number of hydrogen-bond donors (Lipinski definition) is 5. The Morgan fingerprint density at radius 3 is 2.28 bits per heavy atom. The maximum absolute atomic E-state index is 14.6. The number of nitrogens with zero attached hydrogens (tertiary/aromatic N) is 3. The first-order valence-corrected chi connectivity index (χ1v) is 19.8. The smallest absolute Gasteiger partial charge is 0.312 e. The van der Waals surface area contributed by atoms with Gasteiger partial charge in [0.1, 0.15) is 34.0 Å². The number of carbonyl (C=O) groups is 3. The Bertz CT molecular complexity index is 2230. The Morgan fingerprint density at radius 1 is 0.966 bits per heavy atom. The summed E-state index contributed by atoms with van der Waals surface area (Å²) in [6, 6.07) is 0. The van der Waals surface area contributed by atoms with E-state index in [0.29, 0.717) is 31.6 Å². The zero-order chi connectivity index (χ0) is 42.6.